The lowest BCUT2D eigenvalue weighted by molar-refractivity contribution is -0.694. The molecule has 8 aromatic rings. The van der Waals surface area contributed by atoms with Gasteiger partial charge in [0.15, 0.2) is 18.6 Å². The van der Waals surface area contributed by atoms with E-state index in [0.29, 0.717) is 0 Å². The zero-order valence-electron chi connectivity index (χ0n) is 27.8. The molecule has 48 heavy (non-hydrogen) atoms. The molecule has 4 nitrogen and oxygen atoms in total. The van der Waals surface area contributed by atoms with Gasteiger partial charge in [0.05, 0.1) is 11.1 Å². The molecule has 4 aromatic heterocycles. The molecule has 0 spiro atoms. The van der Waals surface area contributed by atoms with Crippen LogP contribution in [0.3, 0.4) is 0 Å². The van der Waals surface area contributed by atoms with E-state index in [1.165, 1.54) is 33.4 Å². The maximum Gasteiger partial charge on any atom is 0.213 e. The number of benzene rings is 4. The van der Waals surface area contributed by atoms with Crippen molar-refractivity contribution in [2.45, 2.75) is 19.9 Å². The molecule has 4 aromatic carbocycles. The van der Waals surface area contributed by atoms with Crippen molar-refractivity contribution in [1.29, 1.82) is 0 Å². The standard InChI is InChI=1S/C44H38N3O/c1-30-23-24-40(46(4)29-30)36-28-43-37(34-18-9-10-22-42(34)48-43)27-38(36)44(35-19-8-7-17-33(35)39-20-11-13-25-45(39)3)47-26-14-12-21-41(47)32-16-6-5-15-31(32)2/h5-29,44H,1-4H3/q+3. The highest BCUT2D eigenvalue weighted by Gasteiger charge is 2.35. The van der Waals surface area contributed by atoms with Crippen LogP contribution in [0, 0.1) is 13.8 Å². The fourth-order valence-electron chi connectivity index (χ4n) is 7.27. The molecular formula is C44H38N3O+3. The molecule has 1 atom stereocenters. The van der Waals surface area contributed by atoms with E-state index in [9.17, 15) is 0 Å². The van der Waals surface area contributed by atoms with Crippen LogP contribution in [0.15, 0.2) is 156 Å². The molecule has 232 valence electrons. The number of hydrogen-bond acceptors (Lipinski definition) is 1. The Kier molecular flexibility index (Phi) is 7.41. The van der Waals surface area contributed by atoms with Crippen molar-refractivity contribution in [2.75, 3.05) is 0 Å². The lowest BCUT2D eigenvalue weighted by Gasteiger charge is -2.21. The first-order chi connectivity index (χ1) is 23.5. The predicted molar refractivity (Wildman–Crippen MR) is 192 cm³/mol. The molecule has 1 unspecified atom stereocenters. The van der Waals surface area contributed by atoms with Gasteiger partial charge >= 0.3 is 0 Å². The third-order valence-corrected chi connectivity index (χ3v) is 9.58. The van der Waals surface area contributed by atoms with Gasteiger partial charge in [-0.15, -0.1) is 0 Å². The number of aryl methyl sites for hydroxylation is 4. The van der Waals surface area contributed by atoms with Crippen molar-refractivity contribution in [3.05, 3.63) is 174 Å². The van der Waals surface area contributed by atoms with E-state index in [4.69, 9.17) is 4.42 Å². The molecule has 0 fully saturated rings. The average molecular weight is 625 g/mol. The van der Waals surface area contributed by atoms with Crippen LogP contribution in [0.1, 0.15) is 28.3 Å². The zero-order chi connectivity index (χ0) is 32.8. The number of pyridine rings is 3. The highest BCUT2D eigenvalue weighted by atomic mass is 16.3. The Hall–Kier alpha value is -5.87. The first-order valence-corrected chi connectivity index (χ1v) is 16.5. The Morgan fingerprint density at radius 2 is 1.19 bits per heavy atom. The Morgan fingerprint density at radius 1 is 0.500 bits per heavy atom. The first-order valence-electron chi connectivity index (χ1n) is 16.5. The average Bonchev–Trinajstić information content (AvgIpc) is 3.47. The second kappa shape index (κ2) is 12.1. The van der Waals surface area contributed by atoms with Gasteiger partial charge in [0.2, 0.25) is 23.1 Å². The van der Waals surface area contributed by atoms with Crippen molar-refractivity contribution >= 4 is 21.9 Å². The Labute approximate surface area is 281 Å². The van der Waals surface area contributed by atoms with E-state index in [0.717, 1.165) is 44.6 Å². The summed E-state index contributed by atoms with van der Waals surface area (Å²) in [5, 5.41) is 2.23. The summed E-state index contributed by atoms with van der Waals surface area (Å²) in [7, 11) is 4.26. The second-order valence-electron chi connectivity index (χ2n) is 12.7. The van der Waals surface area contributed by atoms with Crippen molar-refractivity contribution in [1.82, 2.24) is 0 Å². The number of nitrogens with zero attached hydrogens (tertiary/aromatic N) is 3. The minimum atomic E-state index is -0.188. The maximum absolute atomic E-state index is 6.52. The van der Waals surface area contributed by atoms with E-state index >= 15 is 0 Å². The van der Waals surface area contributed by atoms with Crippen LogP contribution >= 0.6 is 0 Å². The van der Waals surface area contributed by atoms with Crippen LogP contribution in [0.5, 0.6) is 0 Å². The van der Waals surface area contributed by atoms with Crippen LogP contribution < -0.4 is 13.7 Å². The van der Waals surface area contributed by atoms with Gasteiger partial charge in [0.1, 0.15) is 25.3 Å². The lowest BCUT2D eigenvalue weighted by atomic mass is 9.87. The molecule has 4 heterocycles. The van der Waals surface area contributed by atoms with Crippen LogP contribution in [-0.2, 0) is 14.1 Å². The van der Waals surface area contributed by atoms with E-state index in [1.54, 1.807) is 0 Å². The van der Waals surface area contributed by atoms with Crippen molar-refractivity contribution in [3.8, 4) is 33.8 Å². The number of hydrogen-bond donors (Lipinski definition) is 0. The highest BCUT2D eigenvalue weighted by molar-refractivity contribution is 6.06. The van der Waals surface area contributed by atoms with Gasteiger partial charge in [-0.3, -0.25) is 0 Å². The van der Waals surface area contributed by atoms with Gasteiger partial charge in [-0.25, -0.2) is 9.13 Å². The number of fused-ring (bicyclic) bond motifs is 3. The van der Waals surface area contributed by atoms with E-state index in [-0.39, 0.29) is 6.04 Å². The molecule has 0 amide bonds. The van der Waals surface area contributed by atoms with Crippen LogP contribution in [-0.4, -0.2) is 0 Å². The van der Waals surface area contributed by atoms with E-state index in [2.05, 4.69) is 188 Å². The van der Waals surface area contributed by atoms with Gasteiger partial charge in [-0.2, -0.15) is 4.57 Å². The largest absolute Gasteiger partial charge is 0.456 e. The van der Waals surface area contributed by atoms with E-state index < -0.39 is 0 Å². The minimum Gasteiger partial charge on any atom is -0.456 e. The first kappa shape index (κ1) is 29.5. The summed E-state index contributed by atoms with van der Waals surface area (Å²) in [5.74, 6) is 0. The SMILES string of the molecule is Cc1ccc(-c2cc3oc4ccccc4c3cc2C(c2ccccc2-c2cccc[n+]2C)[n+]2ccccc2-c2ccccc2C)[n+](C)c1. The molecule has 0 bridgehead atoms. The molecule has 0 aliphatic rings. The summed E-state index contributed by atoms with van der Waals surface area (Å²) in [4.78, 5) is 0. The smallest absolute Gasteiger partial charge is 0.213 e. The normalized spacial score (nSPS) is 12.1. The molecule has 4 heteroatoms. The topological polar surface area (TPSA) is 24.8 Å². The summed E-state index contributed by atoms with van der Waals surface area (Å²) in [6, 6.07) is 47.7. The summed E-state index contributed by atoms with van der Waals surface area (Å²) in [5.41, 5.74) is 13.6. The fraction of sp³-hybridized carbons (Fsp3) is 0.114. The third kappa shape index (κ3) is 5.07. The van der Waals surface area contributed by atoms with Crippen molar-refractivity contribution in [3.63, 3.8) is 0 Å². The van der Waals surface area contributed by atoms with Crippen LogP contribution in [0.2, 0.25) is 0 Å². The molecule has 0 aliphatic carbocycles. The molecule has 0 N–H and O–H groups in total. The molecule has 0 saturated heterocycles. The van der Waals surface area contributed by atoms with Crippen molar-refractivity contribution in [2.24, 2.45) is 14.1 Å². The zero-order valence-corrected chi connectivity index (χ0v) is 27.8. The van der Waals surface area contributed by atoms with Crippen LogP contribution in [0.4, 0.5) is 0 Å². The summed E-state index contributed by atoms with van der Waals surface area (Å²) in [6.07, 6.45) is 6.56. The Morgan fingerprint density at radius 3 is 2.00 bits per heavy atom. The summed E-state index contributed by atoms with van der Waals surface area (Å²) in [6.45, 7) is 4.33. The lowest BCUT2D eigenvalue weighted by Crippen LogP contribution is -2.44. The maximum atomic E-state index is 6.52. The van der Waals surface area contributed by atoms with Gasteiger partial charge < -0.3 is 4.42 Å². The van der Waals surface area contributed by atoms with Gasteiger partial charge in [0, 0.05) is 63.4 Å². The predicted octanol–water partition coefficient (Wildman–Crippen LogP) is 8.78. The molecule has 0 saturated carbocycles. The quantitative estimate of drug-likeness (QED) is 0.170. The Balaban J connectivity index is 1.53. The van der Waals surface area contributed by atoms with Gasteiger partial charge in [-0.05, 0) is 67.9 Å². The summed E-state index contributed by atoms with van der Waals surface area (Å²) < 4.78 is 13.4. The Bertz CT molecular complexity index is 2380. The highest BCUT2D eigenvalue weighted by Crippen LogP contribution is 2.41. The minimum absolute atomic E-state index is 0.188. The third-order valence-electron chi connectivity index (χ3n) is 9.58. The van der Waals surface area contributed by atoms with Gasteiger partial charge in [-0.1, -0.05) is 54.6 Å². The fourth-order valence-corrected chi connectivity index (χ4v) is 7.27. The molecule has 0 aliphatic heterocycles. The van der Waals surface area contributed by atoms with E-state index in [1.807, 2.05) is 6.07 Å². The number of para-hydroxylation sites is 1. The van der Waals surface area contributed by atoms with Gasteiger partial charge in [0.25, 0.3) is 0 Å². The molecular weight excluding hydrogens is 587 g/mol. The monoisotopic (exact) mass is 624 g/mol. The number of furan rings is 1. The summed E-state index contributed by atoms with van der Waals surface area (Å²) >= 11 is 0. The molecule has 0 radical (unpaired) electrons. The molecule has 8 rings (SSSR count). The number of rotatable bonds is 6. The number of aromatic nitrogens is 3. The van der Waals surface area contributed by atoms with Crippen LogP contribution in [0.25, 0.3) is 55.7 Å². The van der Waals surface area contributed by atoms with Crippen molar-refractivity contribution < 1.29 is 18.1 Å². The second-order valence-corrected chi connectivity index (χ2v) is 12.7.